The summed E-state index contributed by atoms with van der Waals surface area (Å²) in [4.78, 5) is 14.6. The van der Waals surface area contributed by atoms with Crippen molar-refractivity contribution in [2.45, 2.75) is 25.8 Å². The van der Waals surface area contributed by atoms with Gasteiger partial charge in [0.1, 0.15) is 11.4 Å². The van der Waals surface area contributed by atoms with Gasteiger partial charge >= 0.3 is 0 Å². The van der Waals surface area contributed by atoms with Crippen LogP contribution in [0.3, 0.4) is 0 Å². The summed E-state index contributed by atoms with van der Waals surface area (Å²) in [7, 11) is 0. The van der Waals surface area contributed by atoms with Gasteiger partial charge in [-0.15, -0.1) is 0 Å². The molecule has 136 valence electrons. The Hall–Kier alpha value is -2.53. The smallest absolute Gasteiger partial charge is 0.226 e. The Balaban J connectivity index is 1.55. The SMILES string of the molecule is Cc1cccc(CCOc2cccc3c2N2CCNC[C@@H]2CC(=O)N3)c1. The zero-order valence-electron chi connectivity index (χ0n) is 15.1. The molecule has 1 saturated heterocycles. The van der Waals surface area contributed by atoms with E-state index in [1.807, 2.05) is 18.2 Å². The van der Waals surface area contributed by atoms with Crippen molar-refractivity contribution in [2.75, 3.05) is 36.5 Å². The molecule has 2 aliphatic rings. The minimum absolute atomic E-state index is 0.0689. The quantitative estimate of drug-likeness (QED) is 0.889. The number of ether oxygens (including phenoxy) is 1. The Morgan fingerprint density at radius 3 is 3.00 bits per heavy atom. The van der Waals surface area contributed by atoms with E-state index in [4.69, 9.17) is 4.74 Å². The molecule has 0 aliphatic carbocycles. The summed E-state index contributed by atoms with van der Waals surface area (Å²) in [6.07, 6.45) is 1.37. The number of fused-ring (bicyclic) bond motifs is 3. The van der Waals surface area contributed by atoms with Crippen LogP contribution in [-0.2, 0) is 11.2 Å². The number of aryl methyl sites for hydroxylation is 1. The Kier molecular flexibility index (Phi) is 4.80. The number of rotatable bonds is 4. The standard InChI is InChI=1S/C21H25N3O2/c1-15-4-2-5-16(12-15)8-11-26-19-7-3-6-18-21(19)24-10-9-22-14-17(24)13-20(25)23-18/h2-7,12,17,22H,8-11,13-14H2,1H3,(H,23,25)/t17-/m0/s1. The fraction of sp³-hybridized carbons (Fsp3) is 0.381. The van der Waals surface area contributed by atoms with Crippen molar-refractivity contribution in [1.82, 2.24) is 5.32 Å². The number of nitrogens with zero attached hydrogens (tertiary/aromatic N) is 1. The zero-order chi connectivity index (χ0) is 17.9. The summed E-state index contributed by atoms with van der Waals surface area (Å²) in [5, 5.41) is 6.44. The highest BCUT2D eigenvalue weighted by Gasteiger charge is 2.32. The lowest BCUT2D eigenvalue weighted by molar-refractivity contribution is -0.116. The van der Waals surface area contributed by atoms with E-state index in [9.17, 15) is 4.79 Å². The summed E-state index contributed by atoms with van der Waals surface area (Å²) >= 11 is 0. The van der Waals surface area contributed by atoms with Gasteiger partial charge < -0.3 is 20.3 Å². The molecule has 5 heteroatoms. The first-order valence-electron chi connectivity index (χ1n) is 9.29. The topological polar surface area (TPSA) is 53.6 Å². The van der Waals surface area contributed by atoms with E-state index in [0.717, 1.165) is 43.2 Å². The minimum Gasteiger partial charge on any atom is -0.491 e. The van der Waals surface area contributed by atoms with Gasteiger partial charge in [0, 0.05) is 32.5 Å². The molecule has 5 nitrogen and oxygen atoms in total. The van der Waals surface area contributed by atoms with Crippen LogP contribution in [-0.4, -0.2) is 38.2 Å². The number of carbonyl (C=O) groups excluding carboxylic acids is 1. The minimum atomic E-state index is 0.0689. The van der Waals surface area contributed by atoms with Crippen LogP contribution in [0.4, 0.5) is 11.4 Å². The normalized spacial score (nSPS) is 19.2. The maximum absolute atomic E-state index is 12.2. The van der Waals surface area contributed by atoms with E-state index >= 15 is 0 Å². The second-order valence-corrected chi connectivity index (χ2v) is 7.04. The Morgan fingerprint density at radius 2 is 2.12 bits per heavy atom. The van der Waals surface area contributed by atoms with Gasteiger partial charge in [-0.3, -0.25) is 4.79 Å². The number of nitrogens with one attached hydrogen (secondary N) is 2. The molecule has 0 spiro atoms. The first-order chi connectivity index (χ1) is 12.7. The van der Waals surface area contributed by atoms with Gasteiger partial charge in [0.2, 0.25) is 5.91 Å². The highest BCUT2D eigenvalue weighted by atomic mass is 16.5. The predicted molar refractivity (Wildman–Crippen MR) is 104 cm³/mol. The van der Waals surface area contributed by atoms with Crippen molar-refractivity contribution in [3.63, 3.8) is 0 Å². The molecular weight excluding hydrogens is 326 g/mol. The first kappa shape index (κ1) is 16.9. The fourth-order valence-electron chi connectivity index (χ4n) is 3.84. The highest BCUT2D eigenvalue weighted by molar-refractivity contribution is 5.98. The van der Waals surface area contributed by atoms with Crippen LogP contribution < -0.4 is 20.3 Å². The van der Waals surface area contributed by atoms with Crippen molar-refractivity contribution in [1.29, 1.82) is 0 Å². The Morgan fingerprint density at radius 1 is 1.23 bits per heavy atom. The lowest BCUT2D eigenvalue weighted by Gasteiger charge is -2.37. The second kappa shape index (κ2) is 7.38. The molecule has 2 N–H and O–H groups in total. The fourth-order valence-corrected chi connectivity index (χ4v) is 3.84. The molecule has 1 amide bonds. The molecule has 2 heterocycles. The maximum Gasteiger partial charge on any atom is 0.226 e. The number of para-hydroxylation sites is 1. The molecule has 0 radical (unpaired) electrons. The van der Waals surface area contributed by atoms with Crippen LogP contribution in [0.15, 0.2) is 42.5 Å². The average molecular weight is 351 g/mol. The number of hydrogen-bond donors (Lipinski definition) is 2. The summed E-state index contributed by atoms with van der Waals surface area (Å²) in [6.45, 7) is 5.34. The number of piperazine rings is 1. The second-order valence-electron chi connectivity index (χ2n) is 7.04. The van der Waals surface area contributed by atoms with E-state index in [1.165, 1.54) is 11.1 Å². The molecule has 26 heavy (non-hydrogen) atoms. The largest absolute Gasteiger partial charge is 0.491 e. The molecule has 2 aromatic carbocycles. The van der Waals surface area contributed by atoms with E-state index in [1.54, 1.807) is 0 Å². The van der Waals surface area contributed by atoms with Crippen molar-refractivity contribution in [2.24, 2.45) is 0 Å². The maximum atomic E-state index is 12.2. The zero-order valence-corrected chi connectivity index (χ0v) is 15.1. The van der Waals surface area contributed by atoms with Gasteiger partial charge in [-0.1, -0.05) is 35.9 Å². The van der Waals surface area contributed by atoms with Crippen LogP contribution in [0.1, 0.15) is 17.5 Å². The van der Waals surface area contributed by atoms with Gasteiger partial charge in [-0.2, -0.15) is 0 Å². The Bertz CT molecular complexity index is 806. The molecule has 1 fully saturated rings. The van der Waals surface area contributed by atoms with Crippen LogP contribution in [0.2, 0.25) is 0 Å². The molecule has 2 aromatic rings. The predicted octanol–water partition coefficient (Wildman–Crippen LogP) is 2.74. The summed E-state index contributed by atoms with van der Waals surface area (Å²) < 4.78 is 6.17. The molecule has 2 aliphatic heterocycles. The summed E-state index contributed by atoms with van der Waals surface area (Å²) in [5.74, 6) is 0.920. The van der Waals surface area contributed by atoms with E-state index < -0.39 is 0 Å². The third-order valence-corrected chi connectivity index (χ3v) is 5.06. The van der Waals surface area contributed by atoms with Gasteiger partial charge in [-0.25, -0.2) is 0 Å². The van der Waals surface area contributed by atoms with Gasteiger partial charge in [0.05, 0.1) is 18.3 Å². The summed E-state index contributed by atoms with van der Waals surface area (Å²) in [5.41, 5.74) is 4.42. The van der Waals surface area contributed by atoms with E-state index in [0.29, 0.717) is 13.0 Å². The number of hydrogen-bond acceptors (Lipinski definition) is 4. The van der Waals surface area contributed by atoms with E-state index in [2.05, 4.69) is 46.7 Å². The van der Waals surface area contributed by atoms with Gasteiger partial charge in [0.15, 0.2) is 0 Å². The van der Waals surface area contributed by atoms with Crippen LogP contribution in [0, 0.1) is 6.92 Å². The number of benzene rings is 2. The van der Waals surface area contributed by atoms with Crippen LogP contribution in [0.5, 0.6) is 5.75 Å². The van der Waals surface area contributed by atoms with Crippen molar-refractivity contribution < 1.29 is 9.53 Å². The van der Waals surface area contributed by atoms with Gasteiger partial charge in [0.25, 0.3) is 0 Å². The van der Waals surface area contributed by atoms with Crippen molar-refractivity contribution in [3.05, 3.63) is 53.6 Å². The third kappa shape index (κ3) is 3.53. The van der Waals surface area contributed by atoms with E-state index in [-0.39, 0.29) is 11.9 Å². The van der Waals surface area contributed by atoms with Crippen LogP contribution >= 0.6 is 0 Å². The number of carbonyl (C=O) groups is 1. The van der Waals surface area contributed by atoms with Crippen LogP contribution in [0.25, 0.3) is 0 Å². The Labute approximate surface area is 154 Å². The lowest BCUT2D eigenvalue weighted by Crippen LogP contribution is -2.51. The first-order valence-corrected chi connectivity index (χ1v) is 9.29. The molecule has 0 aromatic heterocycles. The highest BCUT2D eigenvalue weighted by Crippen LogP contribution is 2.40. The molecular formula is C21H25N3O2. The van der Waals surface area contributed by atoms with Crippen molar-refractivity contribution >= 4 is 17.3 Å². The lowest BCUT2D eigenvalue weighted by atomic mass is 10.1. The number of amides is 1. The average Bonchev–Trinajstić information content (AvgIpc) is 2.77. The third-order valence-electron chi connectivity index (χ3n) is 5.06. The number of anilines is 2. The molecule has 0 bridgehead atoms. The summed E-state index contributed by atoms with van der Waals surface area (Å²) in [6, 6.07) is 14.6. The van der Waals surface area contributed by atoms with Gasteiger partial charge in [-0.05, 0) is 24.6 Å². The molecule has 1 atom stereocenters. The molecule has 0 saturated carbocycles. The molecule has 0 unspecified atom stereocenters. The monoisotopic (exact) mass is 351 g/mol. The molecule has 4 rings (SSSR count). The van der Waals surface area contributed by atoms with Crippen molar-refractivity contribution in [3.8, 4) is 5.75 Å².